The van der Waals surface area contributed by atoms with E-state index in [0.29, 0.717) is 11.0 Å². The van der Waals surface area contributed by atoms with E-state index in [0.717, 1.165) is 0 Å². The summed E-state index contributed by atoms with van der Waals surface area (Å²) in [5, 5.41) is 10.8. The lowest BCUT2D eigenvalue weighted by atomic mass is 10.0. The lowest BCUT2D eigenvalue weighted by Gasteiger charge is -2.31. The van der Waals surface area contributed by atoms with Crippen LogP contribution in [-0.2, 0) is 25.6 Å². The zero-order chi connectivity index (χ0) is 22.9. The van der Waals surface area contributed by atoms with Gasteiger partial charge in [0.2, 0.25) is 11.8 Å². The number of fused-ring (bicyclic) bond motifs is 1. The number of aromatic nitrogens is 3. The number of benzene rings is 2. The number of halogens is 1. The lowest BCUT2D eigenvalue weighted by Crippen LogP contribution is -2.47. The Morgan fingerprint density at radius 1 is 1.09 bits per heavy atom. The Morgan fingerprint density at radius 2 is 1.81 bits per heavy atom. The summed E-state index contributed by atoms with van der Waals surface area (Å²) >= 11 is 0. The number of amides is 2. The van der Waals surface area contributed by atoms with Gasteiger partial charge in [-0.2, -0.15) is 0 Å². The third-order valence-electron chi connectivity index (χ3n) is 4.93. The van der Waals surface area contributed by atoms with Gasteiger partial charge in [0, 0.05) is 32.9 Å². The average Bonchev–Trinajstić information content (AvgIpc) is 3.20. The molecular weight excluding hydrogens is 417 g/mol. The maximum atomic E-state index is 14.7. The highest BCUT2D eigenvalue weighted by atomic mass is 19.1. The Hall–Kier alpha value is -3.37. The van der Waals surface area contributed by atoms with E-state index in [4.69, 9.17) is 9.47 Å². The van der Waals surface area contributed by atoms with Gasteiger partial charge in [0.25, 0.3) is 0 Å². The summed E-state index contributed by atoms with van der Waals surface area (Å²) < 4.78 is 26.3. The maximum absolute atomic E-state index is 14.7. The summed E-state index contributed by atoms with van der Waals surface area (Å²) in [6.45, 7) is 0.590. The largest absolute Gasteiger partial charge is 0.383 e. The highest BCUT2D eigenvalue weighted by Crippen LogP contribution is 2.25. The second kappa shape index (κ2) is 11.3. The van der Waals surface area contributed by atoms with Gasteiger partial charge in [-0.15, -0.1) is 5.10 Å². The minimum atomic E-state index is -1.19. The standard InChI is InChI=1S/C22H26FN5O4/c1-31-13-11-24-22(30)21(16-7-3-4-8-17(16)23)27(12-14-32-2)20(29)15-28-19-10-6-5-9-18(19)25-26-28/h3-10,21H,11-15H2,1-2H3,(H,24,30). The van der Waals surface area contributed by atoms with Crippen LogP contribution in [0.4, 0.5) is 4.39 Å². The SMILES string of the molecule is COCCNC(=O)C(c1ccccc1F)N(CCOC)C(=O)Cn1nnc2ccccc21. The third kappa shape index (κ3) is 5.45. The van der Waals surface area contributed by atoms with Crippen LogP contribution in [0, 0.1) is 5.82 Å². The fourth-order valence-corrected chi connectivity index (χ4v) is 3.36. The first-order valence-corrected chi connectivity index (χ1v) is 10.1. The molecule has 2 aromatic carbocycles. The zero-order valence-electron chi connectivity index (χ0n) is 18.0. The van der Waals surface area contributed by atoms with Crippen LogP contribution < -0.4 is 5.32 Å². The molecule has 0 saturated heterocycles. The summed E-state index contributed by atoms with van der Waals surface area (Å²) in [7, 11) is 3.00. The van der Waals surface area contributed by atoms with Crippen molar-refractivity contribution >= 4 is 22.8 Å². The van der Waals surface area contributed by atoms with Crippen LogP contribution in [0.1, 0.15) is 11.6 Å². The van der Waals surface area contributed by atoms with E-state index in [-0.39, 0.29) is 38.4 Å². The molecule has 2 amide bonds. The predicted molar refractivity (Wildman–Crippen MR) is 115 cm³/mol. The first-order valence-electron chi connectivity index (χ1n) is 10.1. The highest BCUT2D eigenvalue weighted by Gasteiger charge is 2.33. The molecule has 3 rings (SSSR count). The molecule has 0 saturated carbocycles. The Kier molecular flexibility index (Phi) is 8.23. The van der Waals surface area contributed by atoms with Gasteiger partial charge in [-0.25, -0.2) is 9.07 Å². The van der Waals surface area contributed by atoms with Gasteiger partial charge in [-0.3, -0.25) is 9.59 Å². The normalized spacial score (nSPS) is 12.0. The molecule has 1 aromatic heterocycles. The molecule has 170 valence electrons. The van der Waals surface area contributed by atoms with Gasteiger partial charge in [0.05, 0.1) is 18.7 Å². The summed E-state index contributed by atoms with van der Waals surface area (Å²) in [4.78, 5) is 27.8. The van der Waals surface area contributed by atoms with E-state index >= 15 is 0 Å². The molecule has 1 atom stereocenters. The van der Waals surface area contributed by atoms with Crippen molar-refractivity contribution in [2.45, 2.75) is 12.6 Å². The Bertz CT molecular complexity index is 1060. The summed E-state index contributed by atoms with van der Waals surface area (Å²) in [5.41, 5.74) is 1.42. The van der Waals surface area contributed by atoms with E-state index in [2.05, 4.69) is 15.6 Å². The fourth-order valence-electron chi connectivity index (χ4n) is 3.36. The Labute approximate surface area is 185 Å². The van der Waals surface area contributed by atoms with E-state index in [1.807, 2.05) is 12.1 Å². The second-order valence-electron chi connectivity index (χ2n) is 7.02. The zero-order valence-corrected chi connectivity index (χ0v) is 18.0. The topological polar surface area (TPSA) is 98.6 Å². The number of nitrogens with zero attached hydrogens (tertiary/aromatic N) is 4. The monoisotopic (exact) mass is 443 g/mol. The van der Waals surface area contributed by atoms with Crippen molar-refractivity contribution in [3.8, 4) is 0 Å². The number of carbonyl (C=O) groups is 2. The van der Waals surface area contributed by atoms with Crippen molar-refractivity contribution in [1.29, 1.82) is 0 Å². The maximum Gasteiger partial charge on any atom is 0.247 e. The fraction of sp³-hybridized carbons (Fsp3) is 0.364. The number of hydrogen-bond donors (Lipinski definition) is 1. The number of carbonyl (C=O) groups excluding carboxylic acids is 2. The van der Waals surface area contributed by atoms with Gasteiger partial charge < -0.3 is 19.7 Å². The van der Waals surface area contributed by atoms with Crippen molar-refractivity contribution in [3.63, 3.8) is 0 Å². The molecule has 0 aliphatic rings. The smallest absolute Gasteiger partial charge is 0.247 e. The van der Waals surface area contributed by atoms with Crippen molar-refractivity contribution in [1.82, 2.24) is 25.2 Å². The molecule has 0 spiro atoms. The van der Waals surface area contributed by atoms with Crippen LogP contribution in [0.25, 0.3) is 11.0 Å². The van der Waals surface area contributed by atoms with Crippen LogP contribution in [0.5, 0.6) is 0 Å². The Morgan fingerprint density at radius 3 is 2.56 bits per heavy atom. The number of ether oxygens (including phenoxy) is 2. The van der Waals surface area contributed by atoms with Crippen molar-refractivity contribution in [2.24, 2.45) is 0 Å². The van der Waals surface area contributed by atoms with Crippen molar-refractivity contribution in [2.75, 3.05) is 40.5 Å². The van der Waals surface area contributed by atoms with Crippen LogP contribution >= 0.6 is 0 Å². The second-order valence-corrected chi connectivity index (χ2v) is 7.02. The summed E-state index contributed by atoms with van der Waals surface area (Å²) in [6, 6.07) is 12.0. The lowest BCUT2D eigenvalue weighted by molar-refractivity contribution is -0.142. The number of hydrogen-bond acceptors (Lipinski definition) is 6. The average molecular weight is 443 g/mol. The van der Waals surface area contributed by atoms with Gasteiger partial charge in [-0.1, -0.05) is 35.5 Å². The first-order chi connectivity index (χ1) is 15.6. The summed E-state index contributed by atoms with van der Waals surface area (Å²) in [6.07, 6.45) is 0. The molecule has 0 bridgehead atoms. The molecule has 10 heteroatoms. The quantitative estimate of drug-likeness (QED) is 0.452. The molecule has 1 N–H and O–H groups in total. The van der Waals surface area contributed by atoms with E-state index < -0.39 is 23.7 Å². The minimum Gasteiger partial charge on any atom is -0.383 e. The Balaban J connectivity index is 1.94. The number of para-hydroxylation sites is 1. The molecule has 3 aromatic rings. The minimum absolute atomic E-state index is 0.0820. The predicted octanol–water partition coefficient (Wildman–Crippen LogP) is 1.55. The third-order valence-corrected chi connectivity index (χ3v) is 4.93. The van der Waals surface area contributed by atoms with Crippen LogP contribution in [0.15, 0.2) is 48.5 Å². The molecule has 9 nitrogen and oxygen atoms in total. The van der Waals surface area contributed by atoms with E-state index in [1.54, 1.807) is 18.2 Å². The van der Waals surface area contributed by atoms with Gasteiger partial charge in [0.15, 0.2) is 0 Å². The molecule has 0 radical (unpaired) electrons. The van der Waals surface area contributed by atoms with E-state index in [1.165, 1.54) is 42.0 Å². The molecule has 1 unspecified atom stereocenters. The number of methoxy groups -OCH3 is 2. The molecule has 32 heavy (non-hydrogen) atoms. The molecule has 0 aliphatic carbocycles. The van der Waals surface area contributed by atoms with Gasteiger partial charge in [0.1, 0.15) is 23.9 Å². The first kappa shape index (κ1) is 23.3. The van der Waals surface area contributed by atoms with Crippen molar-refractivity contribution in [3.05, 3.63) is 59.9 Å². The van der Waals surface area contributed by atoms with Crippen LogP contribution in [-0.4, -0.2) is 72.2 Å². The molecular formula is C22H26FN5O4. The number of rotatable bonds is 11. The number of nitrogens with one attached hydrogen (secondary N) is 1. The van der Waals surface area contributed by atoms with Crippen molar-refractivity contribution < 1.29 is 23.5 Å². The van der Waals surface area contributed by atoms with Crippen LogP contribution in [0.2, 0.25) is 0 Å². The molecule has 0 fully saturated rings. The molecule has 0 aliphatic heterocycles. The van der Waals surface area contributed by atoms with Crippen LogP contribution in [0.3, 0.4) is 0 Å². The van der Waals surface area contributed by atoms with E-state index in [9.17, 15) is 14.0 Å². The van der Waals surface area contributed by atoms with Gasteiger partial charge in [-0.05, 0) is 18.2 Å². The van der Waals surface area contributed by atoms with Gasteiger partial charge >= 0.3 is 0 Å². The molecule has 1 heterocycles. The highest BCUT2D eigenvalue weighted by molar-refractivity contribution is 5.89. The summed E-state index contributed by atoms with van der Waals surface area (Å²) in [5.74, 6) is -1.52.